The monoisotopic (exact) mass is 226 g/mol. The Morgan fingerprint density at radius 1 is 1.19 bits per heavy atom. The quantitative estimate of drug-likeness (QED) is 0.797. The Morgan fingerprint density at radius 3 is 2.56 bits per heavy atom. The van der Waals surface area contributed by atoms with Crippen molar-refractivity contribution >= 4 is 0 Å². The largest absolute Gasteiger partial charge is 0.378 e. The van der Waals surface area contributed by atoms with Gasteiger partial charge in [-0.3, -0.25) is 0 Å². The van der Waals surface area contributed by atoms with Gasteiger partial charge >= 0.3 is 0 Å². The lowest BCUT2D eigenvalue weighted by Crippen LogP contribution is -2.47. The molecule has 2 fully saturated rings. The Balaban J connectivity index is 1.75. The van der Waals surface area contributed by atoms with Crippen molar-refractivity contribution in [3.8, 4) is 0 Å². The van der Waals surface area contributed by atoms with Gasteiger partial charge in [0.05, 0.1) is 6.10 Å². The number of nitrogens with two attached hydrogens (primary N) is 1. The van der Waals surface area contributed by atoms with E-state index in [2.05, 4.69) is 11.8 Å². The topological polar surface area (TPSA) is 38.5 Å². The first-order chi connectivity index (χ1) is 7.79. The number of likely N-dealkylation sites (tertiary alicyclic amines) is 1. The van der Waals surface area contributed by atoms with Crippen LogP contribution in [0.5, 0.6) is 0 Å². The van der Waals surface area contributed by atoms with Crippen LogP contribution >= 0.6 is 0 Å². The Hall–Kier alpha value is -0.120. The number of rotatable bonds is 3. The van der Waals surface area contributed by atoms with Gasteiger partial charge in [-0.2, -0.15) is 0 Å². The van der Waals surface area contributed by atoms with Crippen LogP contribution in [0.15, 0.2) is 0 Å². The average Bonchev–Trinajstić information content (AvgIpc) is 2.30. The Morgan fingerprint density at radius 2 is 1.94 bits per heavy atom. The summed E-state index contributed by atoms with van der Waals surface area (Å²) in [6, 6.07) is 1.20. The van der Waals surface area contributed by atoms with E-state index in [9.17, 15) is 0 Å². The molecule has 1 saturated heterocycles. The molecular weight excluding hydrogens is 200 g/mol. The van der Waals surface area contributed by atoms with Crippen molar-refractivity contribution in [1.29, 1.82) is 0 Å². The molecule has 0 spiro atoms. The van der Waals surface area contributed by atoms with E-state index in [1.807, 2.05) is 0 Å². The van der Waals surface area contributed by atoms with Crippen LogP contribution in [0.2, 0.25) is 0 Å². The summed E-state index contributed by atoms with van der Waals surface area (Å²) >= 11 is 0. The van der Waals surface area contributed by atoms with Gasteiger partial charge < -0.3 is 15.4 Å². The summed E-state index contributed by atoms with van der Waals surface area (Å²) in [4.78, 5) is 2.65. The lowest BCUT2D eigenvalue weighted by molar-refractivity contribution is -0.00126. The first-order valence-corrected chi connectivity index (χ1v) is 6.90. The molecule has 1 heterocycles. The van der Waals surface area contributed by atoms with Gasteiger partial charge in [-0.05, 0) is 39.0 Å². The van der Waals surface area contributed by atoms with Crippen LogP contribution in [0.3, 0.4) is 0 Å². The van der Waals surface area contributed by atoms with E-state index in [1.165, 1.54) is 51.6 Å². The Kier molecular flexibility index (Phi) is 4.62. The van der Waals surface area contributed by atoms with Crippen LogP contribution in [0.25, 0.3) is 0 Å². The Bertz CT molecular complexity index is 202. The van der Waals surface area contributed by atoms with Gasteiger partial charge in [0.25, 0.3) is 0 Å². The zero-order valence-electron chi connectivity index (χ0n) is 10.5. The van der Waals surface area contributed by atoms with Crippen molar-refractivity contribution in [2.45, 2.75) is 63.6 Å². The minimum Gasteiger partial charge on any atom is -0.378 e. The third-order valence-electron chi connectivity index (χ3n) is 4.08. The molecule has 94 valence electrons. The number of nitrogens with zero attached hydrogens (tertiary/aromatic N) is 1. The molecule has 0 bridgehead atoms. The van der Waals surface area contributed by atoms with Crippen molar-refractivity contribution in [3.63, 3.8) is 0 Å². The summed E-state index contributed by atoms with van der Waals surface area (Å²) in [7, 11) is 0. The number of ether oxygens (including phenoxy) is 1. The molecule has 0 amide bonds. The first-order valence-electron chi connectivity index (χ1n) is 6.90. The van der Waals surface area contributed by atoms with Crippen LogP contribution in [-0.4, -0.2) is 42.8 Å². The van der Waals surface area contributed by atoms with Crippen LogP contribution in [0, 0.1) is 0 Å². The predicted molar refractivity (Wildman–Crippen MR) is 66.5 cm³/mol. The fourth-order valence-electron chi connectivity index (χ4n) is 3.18. The van der Waals surface area contributed by atoms with E-state index in [0.717, 1.165) is 12.6 Å². The van der Waals surface area contributed by atoms with E-state index in [0.29, 0.717) is 12.1 Å². The average molecular weight is 226 g/mol. The number of hydrogen-bond donors (Lipinski definition) is 1. The molecule has 16 heavy (non-hydrogen) atoms. The van der Waals surface area contributed by atoms with Crippen LogP contribution in [0.1, 0.15) is 45.4 Å². The molecule has 2 aliphatic rings. The van der Waals surface area contributed by atoms with Gasteiger partial charge in [0.15, 0.2) is 0 Å². The normalized spacial score (nSPS) is 34.1. The predicted octanol–water partition coefficient (Wildman–Crippen LogP) is 1.76. The standard InChI is InChI=1S/C13H26N2O/c1-2-16-13-6-8-15(9-7-13)12-5-3-4-11(14)10-12/h11-13H,2-10,14H2,1H3. The molecule has 0 radical (unpaired) electrons. The molecule has 2 N–H and O–H groups in total. The zero-order valence-corrected chi connectivity index (χ0v) is 10.5. The Labute approximate surface area is 99.3 Å². The van der Waals surface area contributed by atoms with E-state index >= 15 is 0 Å². The lowest BCUT2D eigenvalue weighted by atomic mass is 9.89. The molecule has 3 heteroatoms. The minimum absolute atomic E-state index is 0.448. The van der Waals surface area contributed by atoms with E-state index in [1.54, 1.807) is 0 Å². The fraction of sp³-hybridized carbons (Fsp3) is 1.00. The molecule has 2 rings (SSSR count). The summed E-state index contributed by atoms with van der Waals surface area (Å²) in [5.74, 6) is 0. The van der Waals surface area contributed by atoms with Gasteiger partial charge in [0.2, 0.25) is 0 Å². The van der Waals surface area contributed by atoms with E-state index < -0.39 is 0 Å². The van der Waals surface area contributed by atoms with Crippen molar-refractivity contribution in [2.24, 2.45) is 5.73 Å². The van der Waals surface area contributed by atoms with Crippen LogP contribution < -0.4 is 5.73 Å². The van der Waals surface area contributed by atoms with Crippen molar-refractivity contribution in [1.82, 2.24) is 4.90 Å². The second-order valence-electron chi connectivity index (χ2n) is 5.27. The molecule has 1 saturated carbocycles. The van der Waals surface area contributed by atoms with Gasteiger partial charge in [0.1, 0.15) is 0 Å². The van der Waals surface area contributed by atoms with E-state index in [4.69, 9.17) is 10.5 Å². The second kappa shape index (κ2) is 5.99. The van der Waals surface area contributed by atoms with Gasteiger partial charge in [-0.15, -0.1) is 0 Å². The smallest absolute Gasteiger partial charge is 0.0599 e. The van der Waals surface area contributed by atoms with Crippen LogP contribution in [-0.2, 0) is 4.74 Å². The maximum Gasteiger partial charge on any atom is 0.0599 e. The third kappa shape index (κ3) is 3.19. The van der Waals surface area contributed by atoms with Crippen molar-refractivity contribution < 1.29 is 4.74 Å². The molecule has 2 unspecified atom stereocenters. The number of piperidine rings is 1. The maximum atomic E-state index is 6.06. The molecule has 1 aliphatic carbocycles. The summed E-state index contributed by atoms with van der Waals surface area (Å²) in [6.45, 7) is 5.37. The summed E-state index contributed by atoms with van der Waals surface area (Å²) in [5, 5.41) is 0. The van der Waals surface area contributed by atoms with Crippen LogP contribution in [0.4, 0.5) is 0 Å². The zero-order chi connectivity index (χ0) is 11.4. The fourth-order valence-corrected chi connectivity index (χ4v) is 3.18. The highest BCUT2D eigenvalue weighted by atomic mass is 16.5. The SMILES string of the molecule is CCOC1CCN(C2CCCC(N)C2)CC1. The van der Waals surface area contributed by atoms with Crippen molar-refractivity contribution in [3.05, 3.63) is 0 Å². The summed E-state index contributed by atoms with van der Waals surface area (Å²) in [5.41, 5.74) is 6.06. The van der Waals surface area contributed by atoms with Gasteiger partial charge in [-0.25, -0.2) is 0 Å². The third-order valence-corrected chi connectivity index (χ3v) is 4.08. The lowest BCUT2D eigenvalue weighted by Gasteiger charge is -2.40. The second-order valence-corrected chi connectivity index (χ2v) is 5.27. The highest BCUT2D eigenvalue weighted by Gasteiger charge is 2.28. The van der Waals surface area contributed by atoms with Crippen molar-refractivity contribution in [2.75, 3.05) is 19.7 Å². The maximum absolute atomic E-state index is 6.06. The summed E-state index contributed by atoms with van der Waals surface area (Å²) in [6.07, 6.45) is 8.03. The highest BCUT2D eigenvalue weighted by molar-refractivity contribution is 4.85. The molecule has 0 aromatic carbocycles. The molecule has 3 nitrogen and oxygen atoms in total. The molecule has 0 aromatic heterocycles. The minimum atomic E-state index is 0.448. The van der Waals surface area contributed by atoms with Gasteiger partial charge in [0, 0.05) is 31.8 Å². The molecule has 2 atom stereocenters. The highest BCUT2D eigenvalue weighted by Crippen LogP contribution is 2.25. The molecule has 1 aliphatic heterocycles. The molecule has 0 aromatic rings. The summed E-state index contributed by atoms with van der Waals surface area (Å²) < 4.78 is 5.69. The first kappa shape index (κ1) is 12.3. The van der Waals surface area contributed by atoms with Gasteiger partial charge in [-0.1, -0.05) is 6.42 Å². The number of hydrogen-bond acceptors (Lipinski definition) is 3. The molecular formula is C13H26N2O. The van der Waals surface area contributed by atoms with E-state index in [-0.39, 0.29) is 0 Å².